The largest absolute Gasteiger partial charge is 0.337 e. The SMILES string of the molecule is CN1N=C(C(=O)N2CCC[C@H](C(=O)Nc3ccccc3)C2)CCC1=O. The number of piperidine rings is 1. The highest BCUT2D eigenvalue weighted by Crippen LogP contribution is 2.20. The lowest BCUT2D eigenvalue weighted by atomic mass is 9.96. The van der Waals surface area contributed by atoms with E-state index in [1.54, 1.807) is 11.9 Å². The van der Waals surface area contributed by atoms with Crippen molar-refractivity contribution in [3.8, 4) is 0 Å². The molecule has 1 saturated heterocycles. The van der Waals surface area contributed by atoms with Crippen LogP contribution in [0, 0.1) is 5.92 Å². The number of hydrogen-bond acceptors (Lipinski definition) is 4. The molecule has 1 N–H and O–H groups in total. The monoisotopic (exact) mass is 342 g/mol. The summed E-state index contributed by atoms with van der Waals surface area (Å²) >= 11 is 0. The molecule has 3 rings (SSSR count). The fourth-order valence-electron chi connectivity index (χ4n) is 3.15. The predicted octanol–water partition coefficient (Wildman–Crippen LogP) is 1.47. The van der Waals surface area contributed by atoms with Crippen molar-refractivity contribution in [3.63, 3.8) is 0 Å². The lowest BCUT2D eigenvalue weighted by Crippen LogP contribution is -2.47. The number of benzene rings is 1. The molecule has 2 aliphatic rings. The lowest BCUT2D eigenvalue weighted by molar-refractivity contribution is -0.131. The van der Waals surface area contributed by atoms with Crippen molar-refractivity contribution in [2.75, 3.05) is 25.5 Å². The Morgan fingerprint density at radius 2 is 1.96 bits per heavy atom. The summed E-state index contributed by atoms with van der Waals surface area (Å²) in [5.74, 6) is -0.560. The first kappa shape index (κ1) is 17.1. The Morgan fingerprint density at radius 1 is 1.20 bits per heavy atom. The number of amides is 3. The highest BCUT2D eigenvalue weighted by Gasteiger charge is 2.32. The van der Waals surface area contributed by atoms with Gasteiger partial charge in [0.2, 0.25) is 11.8 Å². The number of carbonyl (C=O) groups excluding carboxylic acids is 3. The number of likely N-dealkylation sites (tertiary alicyclic amines) is 1. The molecule has 0 aliphatic carbocycles. The normalized spacial score (nSPS) is 20.9. The predicted molar refractivity (Wildman–Crippen MR) is 93.8 cm³/mol. The molecular weight excluding hydrogens is 320 g/mol. The maximum atomic E-state index is 12.7. The van der Waals surface area contributed by atoms with Gasteiger partial charge in [-0.3, -0.25) is 14.4 Å². The first-order chi connectivity index (χ1) is 12.0. The second-order valence-electron chi connectivity index (χ2n) is 6.41. The van der Waals surface area contributed by atoms with Crippen molar-refractivity contribution in [2.45, 2.75) is 25.7 Å². The van der Waals surface area contributed by atoms with E-state index in [2.05, 4.69) is 10.4 Å². The van der Waals surface area contributed by atoms with Crippen molar-refractivity contribution < 1.29 is 14.4 Å². The summed E-state index contributed by atoms with van der Waals surface area (Å²) in [5.41, 5.74) is 1.15. The second kappa shape index (κ2) is 7.46. The van der Waals surface area contributed by atoms with Crippen LogP contribution in [0.15, 0.2) is 35.4 Å². The van der Waals surface area contributed by atoms with Crippen molar-refractivity contribution in [1.29, 1.82) is 0 Å². The maximum absolute atomic E-state index is 12.7. The Balaban J connectivity index is 1.63. The molecule has 0 aromatic heterocycles. The van der Waals surface area contributed by atoms with Crippen molar-refractivity contribution >= 4 is 29.1 Å². The number of para-hydroxylation sites is 1. The average Bonchev–Trinajstić information content (AvgIpc) is 2.64. The molecule has 0 saturated carbocycles. The van der Waals surface area contributed by atoms with E-state index < -0.39 is 0 Å². The molecule has 132 valence electrons. The fraction of sp³-hybridized carbons (Fsp3) is 0.444. The van der Waals surface area contributed by atoms with Crippen LogP contribution in [0.1, 0.15) is 25.7 Å². The molecule has 0 unspecified atom stereocenters. The third-order valence-electron chi connectivity index (χ3n) is 4.57. The first-order valence-corrected chi connectivity index (χ1v) is 8.54. The van der Waals surface area contributed by atoms with Crippen LogP contribution in [-0.4, -0.2) is 53.5 Å². The van der Waals surface area contributed by atoms with Gasteiger partial charge in [0.1, 0.15) is 5.71 Å². The van der Waals surface area contributed by atoms with Crippen LogP contribution in [0.3, 0.4) is 0 Å². The zero-order chi connectivity index (χ0) is 17.8. The molecule has 7 nitrogen and oxygen atoms in total. The molecule has 0 spiro atoms. The molecule has 1 aromatic rings. The molecule has 2 aliphatic heterocycles. The number of anilines is 1. The molecule has 1 fully saturated rings. The molecule has 1 atom stereocenters. The summed E-state index contributed by atoms with van der Waals surface area (Å²) in [6.07, 6.45) is 2.19. The average molecular weight is 342 g/mol. The summed E-state index contributed by atoms with van der Waals surface area (Å²) in [4.78, 5) is 38.3. The van der Waals surface area contributed by atoms with E-state index in [4.69, 9.17) is 0 Å². The van der Waals surface area contributed by atoms with Gasteiger partial charge in [-0.1, -0.05) is 18.2 Å². The molecule has 3 amide bonds. The number of nitrogens with one attached hydrogen (secondary N) is 1. The minimum Gasteiger partial charge on any atom is -0.337 e. The van der Waals surface area contributed by atoms with Crippen LogP contribution >= 0.6 is 0 Å². The summed E-state index contributed by atoms with van der Waals surface area (Å²) in [6.45, 7) is 0.999. The standard InChI is InChI=1S/C18H22N4O3/c1-21-16(23)10-9-15(20-21)18(25)22-11-5-6-13(12-22)17(24)19-14-7-3-2-4-8-14/h2-4,7-8,13H,5-6,9-12H2,1H3,(H,19,24)/t13-/m0/s1. The van der Waals surface area contributed by atoms with Gasteiger partial charge in [0.25, 0.3) is 5.91 Å². The molecule has 1 aromatic carbocycles. The molecule has 0 bridgehead atoms. The molecule has 7 heteroatoms. The van der Waals surface area contributed by atoms with E-state index in [9.17, 15) is 14.4 Å². The number of carbonyl (C=O) groups is 3. The van der Waals surface area contributed by atoms with E-state index >= 15 is 0 Å². The Hall–Kier alpha value is -2.70. The smallest absolute Gasteiger partial charge is 0.270 e. The molecule has 0 radical (unpaired) electrons. The van der Waals surface area contributed by atoms with E-state index in [0.717, 1.165) is 18.5 Å². The molecule has 25 heavy (non-hydrogen) atoms. The highest BCUT2D eigenvalue weighted by molar-refractivity contribution is 6.39. The van der Waals surface area contributed by atoms with Gasteiger partial charge >= 0.3 is 0 Å². The summed E-state index contributed by atoms with van der Waals surface area (Å²) in [6, 6.07) is 9.31. The number of rotatable bonds is 3. The summed E-state index contributed by atoms with van der Waals surface area (Å²) in [7, 11) is 1.56. The van der Waals surface area contributed by atoms with Crippen LogP contribution in [0.4, 0.5) is 5.69 Å². The van der Waals surface area contributed by atoms with Crippen LogP contribution in [0.5, 0.6) is 0 Å². The number of hydrogen-bond donors (Lipinski definition) is 1. The van der Waals surface area contributed by atoms with E-state index in [1.807, 2.05) is 30.3 Å². The van der Waals surface area contributed by atoms with Crippen LogP contribution < -0.4 is 5.32 Å². The Kier molecular flexibility index (Phi) is 5.11. The summed E-state index contributed by atoms with van der Waals surface area (Å²) in [5, 5.41) is 8.21. The van der Waals surface area contributed by atoms with Crippen molar-refractivity contribution in [2.24, 2.45) is 11.0 Å². The van der Waals surface area contributed by atoms with Crippen LogP contribution in [0.2, 0.25) is 0 Å². The van der Waals surface area contributed by atoms with Gasteiger partial charge in [-0.25, -0.2) is 5.01 Å². The Labute approximate surface area is 146 Å². The quantitative estimate of drug-likeness (QED) is 0.903. The van der Waals surface area contributed by atoms with Gasteiger partial charge in [-0.2, -0.15) is 5.10 Å². The van der Waals surface area contributed by atoms with Crippen molar-refractivity contribution in [3.05, 3.63) is 30.3 Å². The Morgan fingerprint density at radius 3 is 2.68 bits per heavy atom. The van der Waals surface area contributed by atoms with Crippen LogP contribution in [0.25, 0.3) is 0 Å². The first-order valence-electron chi connectivity index (χ1n) is 8.54. The van der Waals surface area contributed by atoms with Gasteiger partial charge < -0.3 is 10.2 Å². The minimum atomic E-state index is -0.235. The second-order valence-corrected chi connectivity index (χ2v) is 6.41. The van der Waals surface area contributed by atoms with Gasteiger partial charge in [0.05, 0.1) is 5.92 Å². The molecular formula is C18H22N4O3. The molecule has 2 heterocycles. The van der Waals surface area contributed by atoms with E-state index in [-0.39, 0.29) is 23.6 Å². The van der Waals surface area contributed by atoms with Gasteiger partial charge in [0.15, 0.2) is 0 Å². The van der Waals surface area contributed by atoms with Gasteiger partial charge in [-0.15, -0.1) is 0 Å². The zero-order valence-electron chi connectivity index (χ0n) is 14.3. The van der Waals surface area contributed by atoms with Gasteiger partial charge in [-0.05, 0) is 25.0 Å². The zero-order valence-corrected chi connectivity index (χ0v) is 14.3. The lowest BCUT2D eigenvalue weighted by Gasteiger charge is -2.33. The van der Waals surface area contributed by atoms with E-state index in [1.165, 1.54) is 5.01 Å². The number of hydrazone groups is 1. The highest BCUT2D eigenvalue weighted by atomic mass is 16.2. The van der Waals surface area contributed by atoms with Gasteiger partial charge in [0, 0.05) is 38.7 Å². The Bertz CT molecular complexity index is 702. The van der Waals surface area contributed by atoms with Crippen LogP contribution in [-0.2, 0) is 14.4 Å². The third-order valence-corrected chi connectivity index (χ3v) is 4.57. The fourth-order valence-corrected chi connectivity index (χ4v) is 3.15. The minimum absolute atomic E-state index is 0.0680. The summed E-state index contributed by atoms with van der Waals surface area (Å²) < 4.78 is 0. The van der Waals surface area contributed by atoms with Crippen molar-refractivity contribution in [1.82, 2.24) is 9.91 Å². The van der Waals surface area contributed by atoms with E-state index in [0.29, 0.717) is 31.6 Å². The topological polar surface area (TPSA) is 82.1 Å². The maximum Gasteiger partial charge on any atom is 0.270 e. The number of nitrogens with zero attached hydrogens (tertiary/aromatic N) is 3. The third kappa shape index (κ3) is 4.04.